The third kappa shape index (κ3) is 2.66. The van der Waals surface area contributed by atoms with Crippen LogP contribution < -0.4 is 5.32 Å². The van der Waals surface area contributed by atoms with Crippen LogP contribution in [-0.2, 0) is 6.54 Å². The second kappa shape index (κ2) is 4.74. The summed E-state index contributed by atoms with van der Waals surface area (Å²) in [5, 5.41) is 10.2. The number of benzene rings is 1. The van der Waals surface area contributed by atoms with Crippen molar-refractivity contribution in [2.75, 3.05) is 0 Å². The summed E-state index contributed by atoms with van der Waals surface area (Å²) >= 11 is 0. The number of aromatic amines is 1. The van der Waals surface area contributed by atoms with Crippen molar-refractivity contribution in [1.82, 2.24) is 15.5 Å². The van der Waals surface area contributed by atoms with E-state index in [4.69, 9.17) is 0 Å². The molecule has 1 aliphatic carbocycles. The van der Waals surface area contributed by atoms with E-state index in [2.05, 4.69) is 15.5 Å². The summed E-state index contributed by atoms with van der Waals surface area (Å²) in [6.07, 6.45) is 2.41. The van der Waals surface area contributed by atoms with Crippen LogP contribution in [-0.4, -0.2) is 16.2 Å². The van der Waals surface area contributed by atoms with Crippen molar-refractivity contribution < 1.29 is 8.78 Å². The summed E-state index contributed by atoms with van der Waals surface area (Å²) < 4.78 is 27.3. The normalized spacial score (nSPS) is 14.9. The Morgan fingerprint density at radius 2 is 2.05 bits per heavy atom. The lowest BCUT2D eigenvalue weighted by atomic mass is 10.1. The summed E-state index contributed by atoms with van der Waals surface area (Å²) in [5.74, 6) is -0.871. The number of rotatable bonds is 4. The van der Waals surface area contributed by atoms with Gasteiger partial charge in [-0.2, -0.15) is 5.10 Å². The van der Waals surface area contributed by atoms with E-state index in [0.717, 1.165) is 5.69 Å². The van der Waals surface area contributed by atoms with E-state index in [-0.39, 0.29) is 5.56 Å². The molecule has 3 nitrogen and oxygen atoms in total. The van der Waals surface area contributed by atoms with Gasteiger partial charge >= 0.3 is 0 Å². The molecule has 0 aliphatic heterocycles. The van der Waals surface area contributed by atoms with Crippen LogP contribution in [0.25, 0.3) is 11.3 Å². The number of nitrogens with one attached hydrogen (secondary N) is 2. The Morgan fingerprint density at radius 3 is 2.79 bits per heavy atom. The van der Waals surface area contributed by atoms with Crippen LogP contribution in [0.4, 0.5) is 8.78 Å². The van der Waals surface area contributed by atoms with E-state index in [1.54, 1.807) is 6.07 Å². The fourth-order valence-electron chi connectivity index (χ4n) is 1.97. The van der Waals surface area contributed by atoms with E-state index < -0.39 is 11.6 Å². The first kappa shape index (κ1) is 12.3. The van der Waals surface area contributed by atoms with Crippen molar-refractivity contribution in [3.05, 3.63) is 41.1 Å². The predicted octanol–water partition coefficient (Wildman–Crippen LogP) is 2.92. The number of nitrogens with zero attached hydrogens (tertiary/aromatic N) is 1. The molecule has 5 heteroatoms. The lowest BCUT2D eigenvalue weighted by molar-refractivity contribution is 0.594. The molecule has 0 unspecified atom stereocenters. The van der Waals surface area contributed by atoms with Crippen molar-refractivity contribution in [2.45, 2.75) is 32.4 Å². The number of hydrogen-bond donors (Lipinski definition) is 2. The average Bonchev–Trinajstić information content (AvgIpc) is 3.09. The van der Waals surface area contributed by atoms with Gasteiger partial charge in [0.2, 0.25) is 0 Å². The third-order valence-corrected chi connectivity index (χ3v) is 3.31. The molecule has 1 aromatic carbocycles. The number of H-pyrrole nitrogens is 1. The molecule has 2 aromatic rings. The maximum Gasteiger partial charge on any atom is 0.133 e. The Hall–Kier alpha value is -1.75. The molecule has 1 fully saturated rings. The first-order valence-corrected chi connectivity index (χ1v) is 6.37. The average molecular weight is 263 g/mol. The monoisotopic (exact) mass is 263 g/mol. The predicted molar refractivity (Wildman–Crippen MR) is 68.5 cm³/mol. The van der Waals surface area contributed by atoms with E-state index in [9.17, 15) is 8.78 Å². The van der Waals surface area contributed by atoms with Gasteiger partial charge in [-0.3, -0.25) is 5.10 Å². The summed E-state index contributed by atoms with van der Waals surface area (Å²) in [4.78, 5) is 0. The fourth-order valence-corrected chi connectivity index (χ4v) is 1.97. The van der Waals surface area contributed by atoms with Gasteiger partial charge in [-0.1, -0.05) is 0 Å². The van der Waals surface area contributed by atoms with E-state index in [1.807, 2.05) is 0 Å². The van der Waals surface area contributed by atoms with Gasteiger partial charge in [-0.15, -0.1) is 0 Å². The highest BCUT2D eigenvalue weighted by atomic mass is 19.1. The van der Waals surface area contributed by atoms with Crippen LogP contribution in [0.15, 0.2) is 18.2 Å². The molecule has 0 radical (unpaired) electrons. The minimum absolute atomic E-state index is 0.192. The first-order valence-electron chi connectivity index (χ1n) is 6.37. The van der Waals surface area contributed by atoms with Crippen molar-refractivity contribution in [2.24, 2.45) is 0 Å². The van der Waals surface area contributed by atoms with Gasteiger partial charge in [0.05, 0.1) is 5.69 Å². The number of halogens is 2. The number of aromatic nitrogens is 2. The quantitative estimate of drug-likeness (QED) is 0.890. The SMILES string of the molecule is Cc1cc(F)c(-c2cc(CNC3CC3)[nH]n2)cc1F. The molecular formula is C14H15F2N3. The second-order valence-electron chi connectivity index (χ2n) is 5.01. The van der Waals surface area contributed by atoms with Crippen molar-refractivity contribution in [3.63, 3.8) is 0 Å². The smallest absolute Gasteiger partial charge is 0.133 e. The van der Waals surface area contributed by atoms with Gasteiger partial charge in [0, 0.05) is 23.8 Å². The van der Waals surface area contributed by atoms with E-state index >= 15 is 0 Å². The van der Waals surface area contributed by atoms with Gasteiger partial charge < -0.3 is 5.32 Å². The summed E-state index contributed by atoms with van der Waals surface area (Å²) in [7, 11) is 0. The van der Waals surface area contributed by atoms with Crippen molar-refractivity contribution in [3.8, 4) is 11.3 Å². The van der Waals surface area contributed by atoms with Gasteiger partial charge in [0.1, 0.15) is 11.6 Å². The Labute approximate surface area is 110 Å². The maximum absolute atomic E-state index is 13.8. The van der Waals surface area contributed by atoms with Crippen LogP contribution in [0.1, 0.15) is 24.1 Å². The highest BCUT2D eigenvalue weighted by Crippen LogP contribution is 2.25. The topological polar surface area (TPSA) is 40.7 Å². The molecule has 0 bridgehead atoms. The molecule has 3 rings (SSSR count). The Balaban J connectivity index is 1.83. The zero-order chi connectivity index (χ0) is 13.4. The molecule has 0 amide bonds. The van der Waals surface area contributed by atoms with Gasteiger partial charge in [-0.05, 0) is 43.5 Å². The van der Waals surface area contributed by atoms with Crippen molar-refractivity contribution >= 4 is 0 Å². The number of aryl methyl sites for hydroxylation is 1. The van der Waals surface area contributed by atoms with Gasteiger partial charge in [0.15, 0.2) is 0 Å². The lowest BCUT2D eigenvalue weighted by Crippen LogP contribution is -2.15. The van der Waals surface area contributed by atoms with Crippen LogP contribution >= 0.6 is 0 Å². The minimum Gasteiger partial charge on any atom is -0.308 e. The Morgan fingerprint density at radius 1 is 1.26 bits per heavy atom. The van der Waals surface area contributed by atoms with Crippen LogP contribution in [0.3, 0.4) is 0 Å². The van der Waals surface area contributed by atoms with Gasteiger partial charge in [0.25, 0.3) is 0 Å². The fraction of sp³-hybridized carbons (Fsp3) is 0.357. The molecule has 1 heterocycles. The highest BCUT2D eigenvalue weighted by Gasteiger charge is 2.20. The Kier molecular flexibility index (Phi) is 3.06. The van der Waals surface area contributed by atoms with Crippen LogP contribution in [0.5, 0.6) is 0 Å². The van der Waals surface area contributed by atoms with Crippen molar-refractivity contribution in [1.29, 1.82) is 0 Å². The first-order chi connectivity index (χ1) is 9.13. The molecule has 0 spiro atoms. The number of hydrogen-bond acceptors (Lipinski definition) is 2. The second-order valence-corrected chi connectivity index (χ2v) is 5.01. The van der Waals surface area contributed by atoms with Crippen LogP contribution in [0.2, 0.25) is 0 Å². The molecule has 100 valence electrons. The molecular weight excluding hydrogens is 248 g/mol. The minimum atomic E-state index is -0.452. The standard InChI is InChI=1S/C14H15F2N3/c1-8-4-13(16)11(6-12(8)15)14-5-10(18-19-14)7-17-9-2-3-9/h4-6,9,17H,2-3,7H2,1H3,(H,18,19). The molecule has 1 aliphatic rings. The van der Waals surface area contributed by atoms with E-state index in [1.165, 1.54) is 31.9 Å². The Bertz CT molecular complexity index is 603. The maximum atomic E-state index is 13.8. The largest absolute Gasteiger partial charge is 0.308 e. The molecule has 0 atom stereocenters. The zero-order valence-corrected chi connectivity index (χ0v) is 10.6. The molecule has 2 N–H and O–H groups in total. The van der Waals surface area contributed by atoms with Gasteiger partial charge in [-0.25, -0.2) is 8.78 Å². The lowest BCUT2D eigenvalue weighted by Gasteiger charge is -2.02. The summed E-state index contributed by atoms with van der Waals surface area (Å²) in [6, 6.07) is 4.74. The van der Waals surface area contributed by atoms with Crippen LogP contribution in [0, 0.1) is 18.6 Å². The molecule has 0 saturated heterocycles. The highest BCUT2D eigenvalue weighted by molar-refractivity contribution is 5.60. The summed E-state index contributed by atoms with van der Waals surface area (Å²) in [5.41, 5.74) is 1.80. The molecule has 1 aromatic heterocycles. The molecule has 1 saturated carbocycles. The third-order valence-electron chi connectivity index (χ3n) is 3.31. The molecule has 19 heavy (non-hydrogen) atoms. The van der Waals surface area contributed by atoms with E-state index in [0.29, 0.717) is 23.8 Å². The summed E-state index contributed by atoms with van der Waals surface area (Å²) in [6.45, 7) is 2.21. The zero-order valence-electron chi connectivity index (χ0n) is 10.6.